The molecule has 1 amide bonds. The number of benzene rings is 1. The molecule has 2 aromatic rings. The Morgan fingerprint density at radius 2 is 1.85 bits per heavy atom. The maximum atomic E-state index is 12.8. The van der Waals surface area contributed by atoms with Gasteiger partial charge >= 0.3 is 12.3 Å². The molecular formula is C18H18F4N2O2. The number of carbonyl (C=O) groups excluding carboxylic acids is 1. The minimum absolute atomic E-state index is 0.550. The van der Waals surface area contributed by atoms with Gasteiger partial charge in [-0.3, -0.25) is 9.78 Å². The van der Waals surface area contributed by atoms with E-state index in [2.05, 4.69) is 15.0 Å². The number of aryl methyl sites for hydroxylation is 1. The fraction of sp³-hybridized carbons (Fsp3) is 0.333. The Labute approximate surface area is 148 Å². The van der Waals surface area contributed by atoms with Gasteiger partial charge in [0.1, 0.15) is 13.2 Å². The number of carbonyl (C=O) groups is 1. The lowest BCUT2D eigenvalue weighted by atomic mass is 9.95. The van der Waals surface area contributed by atoms with Crippen LogP contribution < -0.4 is 5.32 Å². The highest BCUT2D eigenvalue weighted by molar-refractivity contribution is 5.78. The molecule has 0 radical (unpaired) electrons. The molecule has 1 N–H and O–H groups in total. The van der Waals surface area contributed by atoms with E-state index in [1.165, 1.54) is 0 Å². The Balaban J connectivity index is 2.08. The van der Waals surface area contributed by atoms with Gasteiger partial charge in [0.15, 0.2) is 0 Å². The van der Waals surface area contributed by atoms with Gasteiger partial charge in [0.2, 0.25) is 5.91 Å². The van der Waals surface area contributed by atoms with Crippen LogP contribution in [-0.2, 0) is 9.53 Å². The summed E-state index contributed by atoms with van der Waals surface area (Å²) < 4.78 is 54.3. The van der Waals surface area contributed by atoms with E-state index in [0.717, 1.165) is 16.7 Å². The van der Waals surface area contributed by atoms with Crippen molar-refractivity contribution in [3.63, 3.8) is 0 Å². The van der Waals surface area contributed by atoms with Crippen molar-refractivity contribution in [1.82, 2.24) is 10.3 Å². The van der Waals surface area contributed by atoms with E-state index < -0.39 is 37.5 Å². The van der Waals surface area contributed by atoms with Gasteiger partial charge in [-0.25, -0.2) is 8.78 Å². The summed E-state index contributed by atoms with van der Waals surface area (Å²) >= 11 is 0. The minimum Gasteiger partial charge on any atom is -0.365 e. The third kappa shape index (κ3) is 5.26. The molecule has 1 atom stereocenters. The normalized spacial score (nSPS) is 12.8. The van der Waals surface area contributed by atoms with Crippen LogP contribution in [-0.4, -0.2) is 36.5 Å². The number of nitrogens with one attached hydrogen (secondary N) is 1. The third-order valence-electron chi connectivity index (χ3n) is 3.69. The Morgan fingerprint density at radius 1 is 1.19 bits per heavy atom. The molecule has 8 heteroatoms. The SMILES string of the molecule is Cc1ccccc1[C@@H](NC(=O)COCC(F)(F)C(F)F)c1ccncc1. The average molecular weight is 370 g/mol. The third-order valence-corrected chi connectivity index (χ3v) is 3.69. The lowest BCUT2D eigenvalue weighted by molar-refractivity contribution is -0.168. The zero-order chi connectivity index (χ0) is 19.2. The number of alkyl halides is 4. The summed E-state index contributed by atoms with van der Waals surface area (Å²) in [6, 6.07) is 10.2. The quantitative estimate of drug-likeness (QED) is 0.724. The molecule has 0 spiro atoms. The highest BCUT2D eigenvalue weighted by Gasteiger charge is 2.41. The number of ether oxygens (including phenoxy) is 1. The van der Waals surface area contributed by atoms with Crippen molar-refractivity contribution in [2.45, 2.75) is 25.3 Å². The van der Waals surface area contributed by atoms with Crippen molar-refractivity contribution < 1.29 is 27.1 Å². The van der Waals surface area contributed by atoms with Gasteiger partial charge in [-0.05, 0) is 35.7 Å². The summed E-state index contributed by atoms with van der Waals surface area (Å²) in [5.74, 6) is -4.99. The Hall–Kier alpha value is -2.48. The van der Waals surface area contributed by atoms with Crippen LogP contribution in [0.1, 0.15) is 22.7 Å². The van der Waals surface area contributed by atoms with Crippen molar-refractivity contribution >= 4 is 5.91 Å². The summed E-state index contributed by atoms with van der Waals surface area (Å²) in [6.07, 6.45) is -0.721. The number of aromatic nitrogens is 1. The first-order chi connectivity index (χ1) is 12.3. The van der Waals surface area contributed by atoms with Gasteiger partial charge in [-0.1, -0.05) is 24.3 Å². The maximum Gasteiger partial charge on any atom is 0.330 e. The highest BCUT2D eigenvalue weighted by atomic mass is 19.3. The van der Waals surface area contributed by atoms with E-state index >= 15 is 0 Å². The molecule has 1 aromatic carbocycles. The van der Waals surface area contributed by atoms with Crippen molar-refractivity contribution in [2.24, 2.45) is 0 Å². The number of rotatable bonds is 8. The molecule has 1 heterocycles. The number of amides is 1. The van der Waals surface area contributed by atoms with Crippen LogP contribution in [0.25, 0.3) is 0 Å². The first-order valence-corrected chi connectivity index (χ1v) is 7.80. The molecule has 26 heavy (non-hydrogen) atoms. The molecule has 0 bridgehead atoms. The first kappa shape index (κ1) is 19.8. The number of hydrogen-bond donors (Lipinski definition) is 1. The van der Waals surface area contributed by atoms with E-state index in [-0.39, 0.29) is 0 Å². The van der Waals surface area contributed by atoms with E-state index in [1.807, 2.05) is 31.2 Å². The zero-order valence-corrected chi connectivity index (χ0v) is 14.0. The molecule has 2 rings (SSSR count). The molecule has 140 valence electrons. The average Bonchev–Trinajstić information content (AvgIpc) is 2.61. The predicted octanol–water partition coefficient (Wildman–Crippen LogP) is 3.51. The van der Waals surface area contributed by atoms with E-state index in [4.69, 9.17) is 0 Å². The second kappa shape index (κ2) is 8.75. The second-order valence-electron chi connectivity index (χ2n) is 5.69. The first-order valence-electron chi connectivity index (χ1n) is 7.80. The Bertz CT molecular complexity index is 726. The summed E-state index contributed by atoms with van der Waals surface area (Å²) in [6.45, 7) is -0.409. The largest absolute Gasteiger partial charge is 0.365 e. The van der Waals surface area contributed by atoms with Crippen LogP contribution in [0.5, 0.6) is 0 Å². The molecule has 0 aliphatic rings. The van der Waals surface area contributed by atoms with Crippen LogP contribution in [0.15, 0.2) is 48.8 Å². The van der Waals surface area contributed by atoms with Gasteiger partial charge in [-0.15, -0.1) is 0 Å². The van der Waals surface area contributed by atoms with Gasteiger partial charge in [0, 0.05) is 12.4 Å². The van der Waals surface area contributed by atoms with Crippen LogP contribution in [0, 0.1) is 6.92 Å². The molecule has 0 saturated heterocycles. The molecular weight excluding hydrogens is 352 g/mol. The molecule has 0 aliphatic carbocycles. The van der Waals surface area contributed by atoms with Crippen molar-refractivity contribution in [1.29, 1.82) is 0 Å². The molecule has 0 fully saturated rings. The van der Waals surface area contributed by atoms with E-state index in [9.17, 15) is 22.4 Å². The molecule has 4 nitrogen and oxygen atoms in total. The van der Waals surface area contributed by atoms with E-state index in [1.54, 1.807) is 24.5 Å². The topological polar surface area (TPSA) is 51.2 Å². The highest BCUT2D eigenvalue weighted by Crippen LogP contribution is 2.25. The molecule has 1 aromatic heterocycles. The number of pyridine rings is 1. The van der Waals surface area contributed by atoms with Gasteiger partial charge in [0.05, 0.1) is 6.04 Å². The maximum absolute atomic E-state index is 12.8. The van der Waals surface area contributed by atoms with E-state index in [0.29, 0.717) is 0 Å². The van der Waals surface area contributed by atoms with Crippen molar-refractivity contribution in [3.05, 3.63) is 65.5 Å². The van der Waals surface area contributed by atoms with Gasteiger partial charge in [-0.2, -0.15) is 8.78 Å². The second-order valence-corrected chi connectivity index (χ2v) is 5.69. The van der Waals surface area contributed by atoms with Crippen LogP contribution in [0.2, 0.25) is 0 Å². The van der Waals surface area contributed by atoms with Gasteiger partial charge in [0.25, 0.3) is 0 Å². The number of hydrogen-bond acceptors (Lipinski definition) is 3. The fourth-order valence-electron chi connectivity index (χ4n) is 2.35. The molecule has 0 unspecified atom stereocenters. The summed E-state index contributed by atoms with van der Waals surface area (Å²) in [5, 5.41) is 2.68. The standard InChI is InChI=1S/C18H18F4N2O2/c1-12-4-2-3-5-14(12)16(13-6-8-23-9-7-13)24-15(25)10-26-11-18(21,22)17(19)20/h2-9,16-17H,10-11H2,1H3,(H,24,25)/t16-/m0/s1. The lowest BCUT2D eigenvalue weighted by Crippen LogP contribution is -2.36. The Kier molecular flexibility index (Phi) is 6.68. The van der Waals surface area contributed by atoms with Gasteiger partial charge < -0.3 is 10.1 Å². The summed E-state index contributed by atoms with van der Waals surface area (Å²) in [7, 11) is 0. The smallest absolute Gasteiger partial charge is 0.330 e. The van der Waals surface area contributed by atoms with Crippen molar-refractivity contribution in [3.8, 4) is 0 Å². The molecule has 0 saturated carbocycles. The molecule has 0 aliphatic heterocycles. The summed E-state index contributed by atoms with van der Waals surface area (Å²) in [4.78, 5) is 16.0. The summed E-state index contributed by atoms with van der Waals surface area (Å²) in [5.41, 5.74) is 2.46. The fourth-order valence-corrected chi connectivity index (χ4v) is 2.35. The predicted molar refractivity (Wildman–Crippen MR) is 87.2 cm³/mol. The van der Waals surface area contributed by atoms with Crippen molar-refractivity contribution in [2.75, 3.05) is 13.2 Å². The number of halogens is 4. The minimum atomic E-state index is -4.29. The monoisotopic (exact) mass is 370 g/mol. The lowest BCUT2D eigenvalue weighted by Gasteiger charge is -2.22. The van der Waals surface area contributed by atoms with Crippen LogP contribution in [0.4, 0.5) is 17.6 Å². The number of nitrogens with zero attached hydrogens (tertiary/aromatic N) is 1. The van der Waals surface area contributed by atoms with Crippen LogP contribution >= 0.6 is 0 Å². The van der Waals surface area contributed by atoms with Crippen LogP contribution in [0.3, 0.4) is 0 Å². The zero-order valence-electron chi connectivity index (χ0n) is 14.0. The Morgan fingerprint density at radius 3 is 2.46 bits per heavy atom.